The molecular formula is C21H25ClN2O4S. The van der Waals surface area contributed by atoms with Crippen molar-refractivity contribution in [3.8, 4) is 5.75 Å². The summed E-state index contributed by atoms with van der Waals surface area (Å²) in [5.74, 6) is 0.328. The van der Waals surface area contributed by atoms with Crippen molar-refractivity contribution >= 4 is 27.5 Å². The number of benzene rings is 2. The van der Waals surface area contributed by atoms with E-state index in [1.54, 1.807) is 7.11 Å². The van der Waals surface area contributed by atoms with Gasteiger partial charge in [-0.2, -0.15) is 4.31 Å². The Labute approximate surface area is 176 Å². The molecule has 0 bridgehead atoms. The molecule has 1 N–H and O–H groups in total. The molecule has 1 amide bonds. The van der Waals surface area contributed by atoms with Crippen LogP contribution in [-0.4, -0.2) is 38.8 Å². The molecule has 1 unspecified atom stereocenters. The van der Waals surface area contributed by atoms with E-state index < -0.39 is 15.9 Å². The van der Waals surface area contributed by atoms with Gasteiger partial charge in [0.1, 0.15) is 5.75 Å². The standard InChI is InChI=1S/C21H25ClN2O4S/c1-3-20(15-6-8-16(28-2)9-7-15)23-21(25)18-14-17(10-11-19(18)22)29(26,27)24-12-4-5-13-24/h6-11,14,20H,3-5,12-13H2,1-2H3,(H,23,25). The second-order valence-electron chi connectivity index (χ2n) is 6.96. The summed E-state index contributed by atoms with van der Waals surface area (Å²) in [5, 5.41) is 3.17. The number of sulfonamides is 1. The molecule has 156 valence electrons. The minimum Gasteiger partial charge on any atom is -0.497 e. The Morgan fingerprint density at radius 3 is 2.41 bits per heavy atom. The molecule has 1 aliphatic rings. The predicted octanol–water partition coefficient (Wildman–Crippen LogP) is 4.01. The summed E-state index contributed by atoms with van der Waals surface area (Å²) >= 11 is 6.23. The number of halogens is 1. The molecule has 8 heteroatoms. The summed E-state index contributed by atoms with van der Waals surface area (Å²) < 4.78 is 32.3. The highest BCUT2D eigenvalue weighted by Crippen LogP contribution is 2.27. The second kappa shape index (κ2) is 9.15. The highest BCUT2D eigenvalue weighted by molar-refractivity contribution is 7.89. The maximum atomic E-state index is 12.9. The van der Waals surface area contributed by atoms with Gasteiger partial charge in [0.2, 0.25) is 10.0 Å². The van der Waals surface area contributed by atoms with Crippen molar-refractivity contribution in [1.82, 2.24) is 9.62 Å². The van der Waals surface area contributed by atoms with Crippen molar-refractivity contribution in [2.45, 2.75) is 37.1 Å². The predicted molar refractivity (Wildman–Crippen MR) is 113 cm³/mol. The van der Waals surface area contributed by atoms with Crippen LogP contribution in [0.4, 0.5) is 0 Å². The molecule has 0 aliphatic carbocycles. The number of rotatable bonds is 7. The number of carbonyl (C=O) groups is 1. The number of nitrogens with one attached hydrogen (secondary N) is 1. The Bertz CT molecular complexity index is 971. The quantitative estimate of drug-likeness (QED) is 0.711. The van der Waals surface area contributed by atoms with Gasteiger partial charge < -0.3 is 10.1 Å². The second-order valence-corrected chi connectivity index (χ2v) is 9.31. The Balaban J connectivity index is 1.84. The van der Waals surface area contributed by atoms with Crippen LogP contribution in [0.1, 0.15) is 48.1 Å². The highest BCUT2D eigenvalue weighted by atomic mass is 35.5. The van der Waals surface area contributed by atoms with Crippen LogP contribution in [0.3, 0.4) is 0 Å². The maximum Gasteiger partial charge on any atom is 0.253 e. The Hall–Kier alpha value is -2.09. The third-order valence-corrected chi connectivity index (χ3v) is 7.34. The first-order valence-corrected chi connectivity index (χ1v) is 11.4. The van der Waals surface area contributed by atoms with Gasteiger partial charge in [-0.3, -0.25) is 4.79 Å². The zero-order valence-electron chi connectivity index (χ0n) is 16.5. The fourth-order valence-electron chi connectivity index (χ4n) is 3.41. The van der Waals surface area contributed by atoms with E-state index in [-0.39, 0.29) is 21.5 Å². The van der Waals surface area contributed by atoms with Gasteiger partial charge in [0.25, 0.3) is 5.91 Å². The number of methoxy groups -OCH3 is 1. The molecule has 1 saturated heterocycles. The maximum absolute atomic E-state index is 12.9. The number of hydrogen-bond donors (Lipinski definition) is 1. The van der Waals surface area contributed by atoms with E-state index in [0.717, 1.165) is 24.2 Å². The lowest BCUT2D eigenvalue weighted by molar-refractivity contribution is 0.0935. The molecule has 6 nitrogen and oxygen atoms in total. The van der Waals surface area contributed by atoms with Crippen molar-refractivity contribution < 1.29 is 17.9 Å². The molecule has 0 saturated carbocycles. The molecule has 1 fully saturated rings. The van der Waals surface area contributed by atoms with Crippen LogP contribution in [0.5, 0.6) is 5.75 Å². The lowest BCUT2D eigenvalue weighted by Gasteiger charge is -2.19. The van der Waals surface area contributed by atoms with Gasteiger partial charge in [-0.05, 0) is 55.2 Å². The minimum atomic E-state index is -3.62. The smallest absolute Gasteiger partial charge is 0.253 e. The SMILES string of the molecule is CCC(NC(=O)c1cc(S(=O)(=O)N2CCCC2)ccc1Cl)c1ccc(OC)cc1. The van der Waals surface area contributed by atoms with E-state index in [1.165, 1.54) is 22.5 Å². The summed E-state index contributed by atoms with van der Waals surface area (Å²) in [5.41, 5.74) is 1.08. The average molecular weight is 437 g/mol. The first-order valence-electron chi connectivity index (χ1n) is 9.61. The van der Waals surface area contributed by atoms with Gasteiger partial charge in [-0.1, -0.05) is 30.7 Å². The molecule has 3 rings (SSSR count). The third kappa shape index (κ3) is 4.74. The zero-order chi connectivity index (χ0) is 21.0. The van der Waals surface area contributed by atoms with E-state index in [4.69, 9.17) is 16.3 Å². The first kappa shape index (κ1) is 21.6. The van der Waals surface area contributed by atoms with Crippen molar-refractivity contribution in [1.29, 1.82) is 0 Å². The summed E-state index contributed by atoms with van der Waals surface area (Å²) in [6.07, 6.45) is 2.36. The van der Waals surface area contributed by atoms with Gasteiger partial charge in [0.05, 0.1) is 28.6 Å². The highest BCUT2D eigenvalue weighted by Gasteiger charge is 2.28. The first-order chi connectivity index (χ1) is 13.9. The lowest BCUT2D eigenvalue weighted by Crippen LogP contribution is -2.30. The van der Waals surface area contributed by atoms with Crippen LogP contribution in [0.25, 0.3) is 0 Å². The van der Waals surface area contributed by atoms with Crippen molar-refractivity contribution in [3.63, 3.8) is 0 Å². The Kier molecular flexibility index (Phi) is 6.82. The molecule has 0 aromatic heterocycles. The summed E-state index contributed by atoms with van der Waals surface area (Å²) in [7, 11) is -2.03. The fourth-order valence-corrected chi connectivity index (χ4v) is 5.16. The summed E-state index contributed by atoms with van der Waals surface area (Å²) in [6, 6.07) is 11.5. The van der Waals surface area contributed by atoms with E-state index in [9.17, 15) is 13.2 Å². The Morgan fingerprint density at radius 1 is 1.17 bits per heavy atom. The molecular weight excluding hydrogens is 412 g/mol. The number of ether oxygens (including phenoxy) is 1. The largest absolute Gasteiger partial charge is 0.497 e. The van der Waals surface area contributed by atoms with Crippen molar-refractivity contribution in [2.24, 2.45) is 0 Å². The molecule has 2 aromatic rings. The molecule has 1 aliphatic heterocycles. The Morgan fingerprint density at radius 2 is 1.83 bits per heavy atom. The zero-order valence-corrected chi connectivity index (χ0v) is 18.1. The van der Waals surface area contributed by atoms with Crippen molar-refractivity contribution in [3.05, 3.63) is 58.6 Å². The molecule has 1 heterocycles. The lowest BCUT2D eigenvalue weighted by atomic mass is 10.0. The number of amides is 1. The van der Waals surface area contributed by atoms with Gasteiger partial charge >= 0.3 is 0 Å². The molecule has 1 atom stereocenters. The normalized spacial score (nSPS) is 15.8. The van der Waals surface area contributed by atoms with Crippen LogP contribution in [0, 0.1) is 0 Å². The molecule has 2 aromatic carbocycles. The van der Waals surface area contributed by atoms with E-state index in [0.29, 0.717) is 19.5 Å². The summed E-state index contributed by atoms with van der Waals surface area (Å²) in [6.45, 7) is 2.97. The number of carbonyl (C=O) groups excluding carboxylic acids is 1. The molecule has 0 spiro atoms. The van der Waals surface area contributed by atoms with Gasteiger partial charge in [-0.15, -0.1) is 0 Å². The monoisotopic (exact) mass is 436 g/mol. The minimum absolute atomic E-state index is 0.0893. The third-order valence-electron chi connectivity index (χ3n) is 5.12. The van der Waals surface area contributed by atoms with Gasteiger partial charge in [-0.25, -0.2) is 8.42 Å². The number of hydrogen-bond acceptors (Lipinski definition) is 4. The van der Waals surface area contributed by atoms with Crippen LogP contribution in [0.2, 0.25) is 5.02 Å². The van der Waals surface area contributed by atoms with E-state index >= 15 is 0 Å². The van der Waals surface area contributed by atoms with Crippen molar-refractivity contribution in [2.75, 3.05) is 20.2 Å². The van der Waals surface area contributed by atoms with Crippen LogP contribution >= 0.6 is 11.6 Å². The molecule has 29 heavy (non-hydrogen) atoms. The topological polar surface area (TPSA) is 75.7 Å². The van der Waals surface area contributed by atoms with Gasteiger partial charge in [0.15, 0.2) is 0 Å². The van der Waals surface area contributed by atoms with Crippen LogP contribution in [0.15, 0.2) is 47.4 Å². The number of nitrogens with zero attached hydrogens (tertiary/aromatic N) is 1. The molecule has 0 radical (unpaired) electrons. The average Bonchev–Trinajstić information content (AvgIpc) is 3.28. The van der Waals surface area contributed by atoms with Crippen LogP contribution in [-0.2, 0) is 10.0 Å². The van der Waals surface area contributed by atoms with Gasteiger partial charge in [0, 0.05) is 13.1 Å². The fraction of sp³-hybridized carbons (Fsp3) is 0.381. The van der Waals surface area contributed by atoms with E-state index in [1.807, 2.05) is 31.2 Å². The van der Waals surface area contributed by atoms with Crippen LogP contribution < -0.4 is 10.1 Å². The van der Waals surface area contributed by atoms with E-state index in [2.05, 4.69) is 5.32 Å². The summed E-state index contributed by atoms with van der Waals surface area (Å²) in [4.78, 5) is 13.0.